The summed E-state index contributed by atoms with van der Waals surface area (Å²) in [5.41, 5.74) is 0.717. The number of carbonyl (C=O) groups excluding carboxylic acids is 1. The second-order valence-corrected chi connectivity index (χ2v) is 9.43. The van der Waals surface area contributed by atoms with E-state index in [1.54, 1.807) is 4.90 Å². The minimum Gasteiger partial charge on any atom is -0.308 e. The summed E-state index contributed by atoms with van der Waals surface area (Å²) in [6.45, 7) is 1.21. The van der Waals surface area contributed by atoms with E-state index in [1.165, 1.54) is 22.7 Å². The van der Waals surface area contributed by atoms with Crippen LogP contribution in [-0.2, 0) is 0 Å². The van der Waals surface area contributed by atoms with Crippen LogP contribution < -0.4 is 4.90 Å². The number of anilines is 1. The van der Waals surface area contributed by atoms with Crippen LogP contribution in [0.1, 0.15) is 9.67 Å². The summed E-state index contributed by atoms with van der Waals surface area (Å²) in [6.07, 6.45) is 0. The molecule has 4 nitrogen and oxygen atoms in total. The summed E-state index contributed by atoms with van der Waals surface area (Å²) in [5.74, 6) is -0.136. The number of aromatic nitrogens is 1. The van der Waals surface area contributed by atoms with Crippen LogP contribution in [0.15, 0.2) is 42.5 Å². The number of fused-ring (bicyclic) bond motifs is 2. The number of halogens is 3. The first-order valence-corrected chi connectivity index (χ1v) is 11.0. The third-order valence-electron chi connectivity index (χ3n) is 4.33. The Balaban J connectivity index is 0.00000240. The number of thiophene rings is 1. The zero-order valence-corrected chi connectivity index (χ0v) is 19.6. The van der Waals surface area contributed by atoms with Crippen molar-refractivity contribution in [2.24, 2.45) is 0 Å². The van der Waals surface area contributed by atoms with Crippen molar-refractivity contribution in [2.75, 3.05) is 32.1 Å². The maximum Gasteiger partial charge on any atom is 0.271 e. The molecular formula is C20H18Cl3N3OS2. The normalized spacial score (nSPS) is 11.2. The molecule has 0 fully saturated rings. The summed E-state index contributed by atoms with van der Waals surface area (Å²) < 4.78 is 1.95. The Kier molecular flexibility index (Phi) is 7.04. The molecule has 0 saturated carbocycles. The highest BCUT2D eigenvalue weighted by molar-refractivity contribution is 7.23. The molecule has 152 valence electrons. The fourth-order valence-corrected chi connectivity index (χ4v) is 5.63. The van der Waals surface area contributed by atoms with Crippen LogP contribution in [0.5, 0.6) is 0 Å². The first kappa shape index (κ1) is 22.3. The van der Waals surface area contributed by atoms with E-state index in [9.17, 15) is 4.79 Å². The van der Waals surface area contributed by atoms with Gasteiger partial charge in [-0.1, -0.05) is 58.8 Å². The maximum absolute atomic E-state index is 13.5. The number of benzene rings is 2. The maximum atomic E-state index is 13.5. The van der Waals surface area contributed by atoms with Gasteiger partial charge in [0.25, 0.3) is 5.91 Å². The van der Waals surface area contributed by atoms with Crippen LogP contribution in [0.2, 0.25) is 10.0 Å². The van der Waals surface area contributed by atoms with E-state index in [1.807, 2.05) is 61.5 Å². The summed E-state index contributed by atoms with van der Waals surface area (Å²) >= 11 is 15.7. The Morgan fingerprint density at radius 1 is 1.00 bits per heavy atom. The van der Waals surface area contributed by atoms with Crippen molar-refractivity contribution in [1.29, 1.82) is 0 Å². The standard InChI is InChI=1S/C20H17Cl2N3OS2.ClH/c1-24(2)10-11-25(20-23-17-13(21)7-5-9-15(17)28-20)19(26)18-16(22)12-6-3-4-8-14(12)27-18;/h3-9H,10-11H2,1-2H3;1H. The fourth-order valence-electron chi connectivity index (χ4n) is 2.88. The Bertz CT molecular complexity index is 1170. The van der Waals surface area contributed by atoms with Crippen molar-refractivity contribution in [3.63, 3.8) is 0 Å². The van der Waals surface area contributed by atoms with E-state index in [-0.39, 0.29) is 18.3 Å². The number of hydrogen-bond donors (Lipinski definition) is 0. The number of carbonyl (C=O) groups is 1. The monoisotopic (exact) mass is 485 g/mol. The van der Waals surface area contributed by atoms with Crippen molar-refractivity contribution >= 4 is 89.6 Å². The van der Waals surface area contributed by atoms with Crippen molar-refractivity contribution < 1.29 is 4.79 Å². The first-order chi connectivity index (χ1) is 13.5. The minimum atomic E-state index is -0.136. The third kappa shape index (κ3) is 4.38. The Hall–Kier alpha value is -1.41. The number of para-hydroxylation sites is 1. The molecule has 0 aliphatic carbocycles. The molecule has 0 spiro atoms. The quantitative estimate of drug-likeness (QED) is 0.325. The van der Waals surface area contributed by atoms with Crippen LogP contribution in [0, 0.1) is 0 Å². The SMILES string of the molecule is CN(C)CCN(C(=O)c1sc2ccccc2c1Cl)c1nc2c(Cl)cccc2s1.Cl. The Morgan fingerprint density at radius 3 is 2.41 bits per heavy atom. The molecule has 2 aromatic heterocycles. The second-order valence-electron chi connectivity index (χ2n) is 6.58. The molecule has 4 aromatic rings. The average molecular weight is 487 g/mol. The van der Waals surface area contributed by atoms with Crippen LogP contribution in [0.4, 0.5) is 5.13 Å². The molecule has 0 atom stereocenters. The smallest absolute Gasteiger partial charge is 0.271 e. The summed E-state index contributed by atoms with van der Waals surface area (Å²) in [5, 5.41) is 2.61. The first-order valence-electron chi connectivity index (χ1n) is 8.64. The highest BCUT2D eigenvalue weighted by Gasteiger charge is 2.26. The predicted molar refractivity (Wildman–Crippen MR) is 129 cm³/mol. The Morgan fingerprint density at radius 2 is 1.72 bits per heavy atom. The molecule has 29 heavy (non-hydrogen) atoms. The summed E-state index contributed by atoms with van der Waals surface area (Å²) in [4.78, 5) is 22.4. The molecule has 1 amide bonds. The van der Waals surface area contributed by atoms with Gasteiger partial charge in [0.1, 0.15) is 10.4 Å². The number of likely N-dealkylation sites (N-methyl/N-ethyl adjacent to an activating group) is 1. The number of rotatable bonds is 5. The zero-order chi connectivity index (χ0) is 19.8. The van der Waals surface area contributed by atoms with Gasteiger partial charge in [0.05, 0.1) is 14.7 Å². The van der Waals surface area contributed by atoms with Gasteiger partial charge >= 0.3 is 0 Å². The van der Waals surface area contributed by atoms with E-state index in [2.05, 4.69) is 4.98 Å². The lowest BCUT2D eigenvalue weighted by atomic mass is 10.2. The number of nitrogens with zero attached hydrogens (tertiary/aromatic N) is 3. The summed E-state index contributed by atoms with van der Waals surface area (Å²) in [7, 11) is 3.95. The van der Waals surface area contributed by atoms with Gasteiger partial charge < -0.3 is 4.90 Å². The number of amides is 1. The molecule has 0 unspecified atom stereocenters. The van der Waals surface area contributed by atoms with E-state index in [0.717, 1.165) is 14.8 Å². The lowest BCUT2D eigenvalue weighted by Gasteiger charge is -2.21. The van der Waals surface area contributed by atoms with Crippen molar-refractivity contribution in [3.05, 3.63) is 57.4 Å². The lowest BCUT2D eigenvalue weighted by molar-refractivity contribution is 0.0989. The van der Waals surface area contributed by atoms with Crippen LogP contribution in [-0.4, -0.2) is 43.0 Å². The molecule has 0 aliphatic rings. The van der Waals surface area contributed by atoms with Crippen molar-refractivity contribution in [2.45, 2.75) is 0 Å². The van der Waals surface area contributed by atoms with Crippen LogP contribution in [0.3, 0.4) is 0 Å². The third-order valence-corrected chi connectivity index (χ3v) is 7.35. The van der Waals surface area contributed by atoms with Gasteiger partial charge in [0, 0.05) is 23.2 Å². The Labute approximate surface area is 193 Å². The predicted octanol–water partition coefficient (Wildman–Crippen LogP) is 6.45. The van der Waals surface area contributed by atoms with Gasteiger partial charge in [-0.15, -0.1) is 23.7 Å². The van der Waals surface area contributed by atoms with Crippen LogP contribution >= 0.6 is 58.3 Å². The molecule has 2 heterocycles. The van der Waals surface area contributed by atoms with Gasteiger partial charge in [-0.05, 0) is 32.3 Å². The average Bonchev–Trinajstić information content (AvgIpc) is 3.24. The highest BCUT2D eigenvalue weighted by Crippen LogP contribution is 2.38. The molecule has 0 bridgehead atoms. The number of thiazole rings is 1. The zero-order valence-electron chi connectivity index (χ0n) is 15.7. The van der Waals surface area contributed by atoms with Gasteiger partial charge in [0.15, 0.2) is 5.13 Å². The molecule has 0 aliphatic heterocycles. The molecular weight excluding hydrogens is 469 g/mol. The van der Waals surface area contributed by atoms with Crippen LogP contribution in [0.25, 0.3) is 20.3 Å². The lowest BCUT2D eigenvalue weighted by Crippen LogP contribution is -2.36. The van der Waals surface area contributed by atoms with Gasteiger partial charge in [-0.2, -0.15) is 0 Å². The summed E-state index contributed by atoms with van der Waals surface area (Å²) in [6, 6.07) is 13.4. The molecule has 9 heteroatoms. The second kappa shape index (κ2) is 9.16. The molecule has 0 radical (unpaired) electrons. The van der Waals surface area contributed by atoms with Gasteiger partial charge in [-0.25, -0.2) is 4.98 Å². The van der Waals surface area contributed by atoms with E-state index >= 15 is 0 Å². The molecule has 4 rings (SSSR count). The molecule has 2 aromatic carbocycles. The van der Waals surface area contributed by atoms with E-state index < -0.39 is 0 Å². The largest absolute Gasteiger partial charge is 0.308 e. The minimum absolute atomic E-state index is 0. The van der Waals surface area contributed by atoms with E-state index in [0.29, 0.717) is 38.7 Å². The molecule has 0 saturated heterocycles. The molecule has 0 N–H and O–H groups in total. The topological polar surface area (TPSA) is 36.4 Å². The van der Waals surface area contributed by atoms with E-state index in [4.69, 9.17) is 23.2 Å². The van der Waals surface area contributed by atoms with Crippen molar-refractivity contribution in [3.8, 4) is 0 Å². The van der Waals surface area contributed by atoms with Crippen molar-refractivity contribution in [1.82, 2.24) is 9.88 Å². The highest BCUT2D eigenvalue weighted by atomic mass is 35.5. The number of hydrogen-bond acceptors (Lipinski definition) is 5. The fraction of sp³-hybridized carbons (Fsp3) is 0.200. The van der Waals surface area contributed by atoms with Gasteiger partial charge in [-0.3, -0.25) is 9.69 Å². The van der Waals surface area contributed by atoms with Gasteiger partial charge in [0.2, 0.25) is 0 Å².